The maximum absolute atomic E-state index is 11.3. The number of carbonyl (C=O) groups excluding carboxylic acids is 1. The van der Waals surface area contributed by atoms with E-state index < -0.39 is 7.12 Å². The number of nitrogens with one attached hydrogen (secondary N) is 1. The molecule has 0 aliphatic heterocycles. The Morgan fingerprint density at radius 1 is 1.50 bits per heavy atom. The maximum Gasteiger partial charge on any atom is 0.488 e. The Morgan fingerprint density at radius 2 is 2.25 bits per heavy atom. The first-order valence-corrected chi connectivity index (χ1v) is 4.83. The Morgan fingerprint density at radius 3 is 2.88 bits per heavy atom. The molecule has 3 N–H and O–H groups in total. The summed E-state index contributed by atoms with van der Waals surface area (Å²) in [5.74, 6) is 2.18. The standard InChI is InChI=1S/C11H12BNO3/c1-2-3-7-11(14)13-10-6-4-5-9(8-10)12(15)16/h1,4-6,8,15-16H,3,7H2,(H,13,14). The van der Waals surface area contributed by atoms with Gasteiger partial charge in [-0.2, -0.15) is 0 Å². The molecule has 0 unspecified atom stereocenters. The van der Waals surface area contributed by atoms with E-state index in [1.54, 1.807) is 18.2 Å². The highest BCUT2D eigenvalue weighted by molar-refractivity contribution is 6.58. The molecule has 5 heteroatoms. The van der Waals surface area contributed by atoms with Gasteiger partial charge in [-0.15, -0.1) is 12.3 Å². The van der Waals surface area contributed by atoms with Crippen molar-refractivity contribution in [1.82, 2.24) is 0 Å². The summed E-state index contributed by atoms with van der Waals surface area (Å²) in [4.78, 5) is 11.3. The SMILES string of the molecule is C#CCCC(=O)Nc1cccc(B(O)O)c1. The van der Waals surface area contributed by atoms with E-state index in [2.05, 4.69) is 11.2 Å². The van der Waals surface area contributed by atoms with Crippen molar-refractivity contribution in [2.24, 2.45) is 0 Å². The van der Waals surface area contributed by atoms with Crippen LogP contribution in [0, 0.1) is 12.3 Å². The molecule has 0 spiro atoms. The van der Waals surface area contributed by atoms with Gasteiger partial charge in [-0.05, 0) is 17.6 Å². The van der Waals surface area contributed by atoms with E-state index in [9.17, 15) is 4.79 Å². The van der Waals surface area contributed by atoms with E-state index in [1.807, 2.05) is 0 Å². The third kappa shape index (κ3) is 3.77. The normalized spacial score (nSPS) is 9.31. The molecule has 0 fully saturated rings. The molecule has 0 radical (unpaired) electrons. The number of rotatable bonds is 4. The molecule has 1 aromatic rings. The molecule has 0 aliphatic rings. The molecule has 82 valence electrons. The summed E-state index contributed by atoms with van der Waals surface area (Å²) in [6, 6.07) is 6.35. The summed E-state index contributed by atoms with van der Waals surface area (Å²) in [6.45, 7) is 0. The smallest absolute Gasteiger partial charge is 0.423 e. The molecule has 1 aromatic carbocycles. The van der Waals surface area contributed by atoms with Gasteiger partial charge in [-0.3, -0.25) is 4.79 Å². The van der Waals surface area contributed by atoms with Crippen LogP contribution in [0.2, 0.25) is 0 Å². The van der Waals surface area contributed by atoms with Crippen LogP contribution in [0.25, 0.3) is 0 Å². The average Bonchev–Trinajstić information content (AvgIpc) is 2.26. The predicted octanol–water partition coefficient (Wildman–Crippen LogP) is -0.282. The Kier molecular flexibility index (Phi) is 4.58. The molecule has 0 saturated carbocycles. The summed E-state index contributed by atoms with van der Waals surface area (Å²) in [5, 5.41) is 20.5. The van der Waals surface area contributed by atoms with Crippen LogP contribution in [-0.4, -0.2) is 23.1 Å². The van der Waals surface area contributed by atoms with Gasteiger partial charge in [-0.25, -0.2) is 0 Å². The van der Waals surface area contributed by atoms with E-state index in [0.717, 1.165) is 0 Å². The summed E-state index contributed by atoms with van der Waals surface area (Å²) >= 11 is 0. The molecular weight excluding hydrogens is 205 g/mol. The topological polar surface area (TPSA) is 69.6 Å². The number of anilines is 1. The lowest BCUT2D eigenvalue weighted by Gasteiger charge is -2.06. The number of carbonyl (C=O) groups is 1. The van der Waals surface area contributed by atoms with Gasteiger partial charge in [0.2, 0.25) is 5.91 Å². The summed E-state index contributed by atoms with van der Waals surface area (Å²) in [7, 11) is -1.54. The highest BCUT2D eigenvalue weighted by Gasteiger charge is 2.11. The lowest BCUT2D eigenvalue weighted by Crippen LogP contribution is -2.30. The van der Waals surface area contributed by atoms with E-state index >= 15 is 0 Å². The van der Waals surface area contributed by atoms with Crippen LogP contribution in [0.5, 0.6) is 0 Å². The van der Waals surface area contributed by atoms with Crippen LogP contribution in [0.3, 0.4) is 0 Å². The van der Waals surface area contributed by atoms with Gasteiger partial charge in [0.1, 0.15) is 0 Å². The van der Waals surface area contributed by atoms with Gasteiger partial charge in [-0.1, -0.05) is 12.1 Å². The third-order valence-corrected chi connectivity index (χ3v) is 1.96. The number of hydrogen-bond donors (Lipinski definition) is 3. The van der Waals surface area contributed by atoms with Crippen molar-refractivity contribution in [2.75, 3.05) is 5.32 Å². The third-order valence-electron chi connectivity index (χ3n) is 1.96. The van der Waals surface area contributed by atoms with E-state index in [1.165, 1.54) is 6.07 Å². The Balaban J connectivity index is 2.64. The molecule has 0 atom stereocenters. The number of hydrogen-bond acceptors (Lipinski definition) is 3. The lowest BCUT2D eigenvalue weighted by molar-refractivity contribution is -0.116. The van der Waals surface area contributed by atoms with Crippen molar-refractivity contribution in [1.29, 1.82) is 0 Å². The molecule has 0 heterocycles. The second-order valence-electron chi connectivity index (χ2n) is 3.25. The highest BCUT2D eigenvalue weighted by atomic mass is 16.4. The van der Waals surface area contributed by atoms with Gasteiger partial charge in [0, 0.05) is 18.5 Å². The van der Waals surface area contributed by atoms with Crippen LogP contribution < -0.4 is 10.8 Å². The first-order chi connectivity index (χ1) is 7.63. The van der Waals surface area contributed by atoms with E-state index in [4.69, 9.17) is 16.5 Å². The van der Waals surface area contributed by atoms with Crippen molar-refractivity contribution < 1.29 is 14.8 Å². The highest BCUT2D eigenvalue weighted by Crippen LogP contribution is 2.05. The number of benzene rings is 1. The van der Waals surface area contributed by atoms with Crippen molar-refractivity contribution >= 4 is 24.2 Å². The van der Waals surface area contributed by atoms with Gasteiger partial charge in [0.05, 0.1) is 0 Å². The van der Waals surface area contributed by atoms with Gasteiger partial charge in [0.25, 0.3) is 0 Å². The lowest BCUT2D eigenvalue weighted by atomic mass is 9.80. The van der Waals surface area contributed by atoms with Crippen LogP contribution in [0.15, 0.2) is 24.3 Å². The molecule has 1 rings (SSSR count). The van der Waals surface area contributed by atoms with Crippen LogP contribution in [0.4, 0.5) is 5.69 Å². The van der Waals surface area contributed by atoms with Crippen molar-refractivity contribution in [3.63, 3.8) is 0 Å². The zero-order chi connectivity index (χ0) is 12.0. The summed E-state index contributed by atoms with van der Waals surface area (Å²) < 4.78 is 0. The second-order valence-corrected chi connectivity index (χ2v) is 3.25. The Bertz CT molecular complexity index is 412. The van der Waals surface area contributed by atoms with Crippen LogP contribution in [0.1, 0.15) is 12.8 Å². The Labute approximate surface area is 94.4 Å². The molecule has 4 nitrogen and oxygen atoms in total. The minimum Gasteiger partial charge on any atom is -0.423 e. The van der Waals surface area contributed by atoms with Gasteiger partial charge < -0.3 is 15.4 Å². The summed E-state index contributed by atoms with van der Waals surface area (Å²) in [6.07, 6.45) is 5.67. The quantitative estimate of drug-likeness (QED) is 0.479. The van der Waals surface area contributed by atoms with E-state index in [0.29, 0.717) is 17.6 Å². The van der Waals surface area contributed by atoms with Gasteiger partial charge in [0.15, 0.2) is 0 Å². The van der Waals surface area contributed by atoms with Crippen LogP contribution >= 0.6 is 0 Å². The van der Waals surface area contributed by atoms with Crippen molar-refractivity contribution in [3.05, 3.63) is 24.3 Å². The molecule has 0 aliphatic carbocycles. The fourth-order valence-corrected chi connectivity index (χ4v) is 1.19. The number of terminal acetylenes is 1. The average molecular weight is 217 g/mol. The minimum absolute atomic E-state index is 0.192. The second kappa shape index (κ2) is 5.96. The molecule has 0 aromatic heterocycles. The zero-order valence-electron chi connectivity index (χ0n) is 8.68. The first kappa shape index (κ1) is 12.3. The summed E-state index contributed by atoms with van der Waals surface area (Å²) in [5.41, 5.74) is 0.849. The maximum atomic E-state index is 11.3. The molecule has 0 saturated heterocycles. The molecule has 1 amide bonds. The molecule has 0 bridgehead atoms. The van der Waals surface area contributed by atoms with E-state index in [-0.39, 0.29) is 12.3 Å². The number of amides is 1. The van der Waals surface area contributed by atoms with Crippen molar-refractivity contribution in [2.45, 2.75) is 12.8 Å². The zero-order valence-corrected chi connectivity index (χ0v) is 8.68. The largest absolute Gasteiger partial charge is 0.488 e. The fraction of sp³-hybridized carbons (Fsp3) is 0.182. The fourth-order valence-electron chi connectivity index (χ4n) is 1.19. The Hall–Kier alpha value is -1.77. The molecule has 16 heavy (non-hydrogen) atoms. The monoisotopic (exact) mass is 217 g/mol. The van der Waals surface area contributed by atoms with Gasteiger partial charge >= 0.3 is 7.12 Å². The minimum atomic E-state index is -1.54. The first-order valence-electron chi connectivity index (χ1n) is 4.83. The van der Waals surface area contributed by atoms with Crippen molar-refractivity contribution in [3.8, 4) is 12.3 Å². The predicted molar refractivity (Wildman–Crippen MR) is 63.0 cm³/mol. The van der Waals surface area contributed by atoms with Crippen LogP contribution in [-0.2, 0) is 4.79 Å². The molecular formula is C11H12BNO3.